The van der Waals surface area contributed by atoms with E-state index in [9.17, 15) is 0 Å². The lowest BCUT2D eigenvalue weighted by Gasteiger charge is -1.99. The van der Waals surface area contributed by atoms with Gasteiger partial charge in [0.25, 0.3) is 0 Å². The van der Waals surface area contributed by atoms with Crippen LogP contribution in [0, 0.1) is 5.92 Å². The Kier molecular flexibility index (Phi) is 1.93. The fourth-order valence-electron chi connectivity index (χ4n) is 1.52. The Morgan fingerprint density at radius 3 is 2.92 bits per heavy atom. The Labute approximate surface area is 73.6 Å². The summed E-state index contributed by atoms with van der Waals surface area (Å²) in [6.45, 7) is 3.32. The van der Waals surface area contributed by atoms with Gasteiger partial charge in [-0.25, -0.2) is 0 Å². The third kappa shape index (κ3) is 1.69. The molecule has 0 spiro atoms. The average molecular weight is 164 g/mol. The molecule has 1 saturated carbocycles. The van der Waals surface area contributed by atoms with Crippen molar-refractivity contribution in [2.75, 3.05) is 0 Å². The highest BCUT2D eigenvalue weighted by Crippen LogP contribution is 2.29. The van der Waals surface area contributed by atoms with Crippen molar-refractivity contribution >= 4 is 0 Å². The van der Waals surface area contributed by atoms with Crippen LogP contribution >= 0.6 is 0 Å². The summed E-state index contributed by atoms with van der Waals surface area (Å²) in [5.74, 6) is 0.897. The van der Waals surface area contributed by atoms with Gasteiger partial charge in [-0.1, -0.05) is 6.92 Å². The predicted octanol–water partition coefficient (Wildman–Crippen LogP) is 1.52. The molecule has 1 fully saturated rings. The molecule has 0 aromatic carbocycles. The van der Waals surface area contributed by atoms with E-state index in [-0.39, 0.29) is 0 Å². The van der Waals surface area contributed by atoms with Crippen LogP contribution < -0.4 is 5.32 Å². The number of hydrogen-bond donors (Lipinski definition) is 1. The van der Waals surface area contributed by atoms with Crippen molar-refractivity contribution in [1.82, 2.24) is 9.88 Å². The van der Waals surface area contributed by atoms with Crippen molar-refractivity contribution in [3.8, 4) is 0 Å². The smallest absolute Gasteiger partial charge is 0.0223 e. The Bertz CT molecular complexity index is 265. The van der Waals surface area contributed by atoms with Gasteiger partial charge in [0.2, 0.25) is 0 Å². The maximum absolute atomic E-state index is 3.52. The van der Waals surface area contributed by atoms with E-state index in [4.69, 9.17) is 0 Å². The Hall–Kier alpha value is -0.760. The van der Waals surface area contributed by atoms with Gasteiger partial charge in [0.05, 0.1) is 0 Å². The quantitative estimate of drug-likeness (QED) is 0.716. The van der Waals surface area contributed by atoms with Crippen molar-refractivity contribution in [2.24, 2.45) is 13.0 Å². The van der Waals surface area contributed by atoms with Gasteiger partial charge in [-0.05, 0) is 24.0 Å². The summed E-state index contributed by atoms with van der Waals surface area (Å²) in [6.07, 6.45) is 5.61. The lowest BCUT2D eigenvalue weighted by molar-refractivity contribution is 0.652. The summed E-state index contributed by atoms with van der Waals surface area (Å²) in [6, 6.07) is 2.95. The maximum Gasteiger partial charge on any atom is 0.0223 e. The Morgan fingerprint density at radius 1 is 1.67 bits per heavy atom. The van der Waals surface area contributed by atoms with Crippen molar-refractivity contribution < 1.29 is 0 Å². The molecule has 0 saturated heterocycles. The fourth-order valence-corrected chi connectivity index (χ4v) is 1.52. The van der Waals surface area contributed by atoms with Gasteiger partial charge >= 0.3 is 0 Å². The third-order valence-corrected chi connectivity index (χ3v) is 2.57. The number of nitrogens with zero attached hydrogens (tertiary/aromatic N) is 1. The van der Waals surface area contributed by atoms with Crippen molar-refractivity contribution in [2.45, 2.75) is 25.9 Å². The van der Waals surface area contributed by atoms with E-state index < -0.39 is 0 Å². The summed E-state index contributed by atoms with van der Waals surface area (Å²) in [5, 5.41) is 3.52. The van der Waals surface area contributed by atoms with Gasteiger partial charge in [0, 0.05) is 32.0 Å². The van der Waals surface area contributed by atoms with Crippen LogP contribution in [0.25, 0.3) is 0 Å². The van der Waals surface area contributed by atoms with Crippen LogP contribution in [-0.4, -0.2) is 10.6 Å². The standard InChI is InChI=1S/C10H16N2/c1-8-5-10(8)11-6-9-3-4-12(2)7-9/h3-4,7-8,10-11H,5-6H2,1-2H3/t8-,10-/m1/s1. The Balaban J connectivity index is 1.80. The minimum Gasteiger partial charge on any atom is -0.357 e. The van der Waals surface area contributed by atoms with E-state index in [2.05, 4.69) is 42.3 Å². The molecule has 0 unspecified atom stereocenters. The first-order valence-electron chi connectivity index (χ1n) is 4.60. The van der Waals surface area contributed by atoms with E-state index in [0.29, 0.717) is 0 Å². The van der Waals surface area contributed by atoms with Gasteiger partial charge < -0.3 is 9.88 Å². The molecule has 0 radical (unpaired) electrons. The molecule has 0 bridgehead atoms. The van der Waals surface area contributed by atoms with Crippen LogP contribution in [0.15, 0.2) is 18.5 Å². The van der Waals surface area contributed by atoms with Crippen molar-refractivity contribution in [1.29, 1.82) is 0 Å². The first-order chi connectivity index (χ1) is 5.75. The molecule has 0 aliphatic heterocycles. The molecule has 1 aliphatic carbocycles. The molecule has 0 amide bonds. The van der Waals surface area contributed by atoms with Gasteiger partial charge in [-0.2, -0.15) is 0 Å². The summed E-state index contributed by atoms with van der Waals surface area (Å²) >= 11 is 0. The second-order valence-electron chi connectivity index (χ2n) is 3.89. The van der Waals surface area contributed by atoms with E-state index in [0.717, 1.165) is 18.5 Å². The number of aryl methyl sites for hydroxylation is 1. The van der Waals surface area contributed by atoms with Crippen LogP contribution in [0.4, 0.5) is 0 Å². The molecule has 2 rings (SSSR count). The summed E-state index contributed by atoms with van der Waals surface area (Å²) < 4.78 is 2.09. The van der Waals surface area contributed by atoms with Crippen LogP contribution in [-0.2, 0) is 13.6 Å². The van der Waals surface area contributed by atoms with E-state index in [1.54, 1.807) is 0 Å². The Morgan fingerprint density at radius 2 is 2.42 bits per heavy atom. The SMILES string of the molecule is C[C@@H]1C[C@H]1NCc1ccn(C)c1. The molecule has 2 heteroatoms. The lowest BCUT2D eigenvalue weighted by atomic mass is 10.3. The molecule has 2 nitrogen and oxygen atoms in total. The first kappa shape index (κ1) is 7.87. The third-order valence-electron chi connectivity index (χ3n) is 2.57. The largest absolute Gasteiger partial charge is 0.357 e. The molecule has 1 N–H and O–H groups in total. The average Bonchev–Trinajstić information content (AvgIpc) is 2.56. The molecule has 1 aromatic rings. The number of aromatic nitrogens is 1. The molecular formula is C10H16N2. The lowest BCUT2D eigenvalue weighted by Crippen LogP contribution is -2.16. The number of nitrogens with one attached hydrogen (secondary N) is 1. The zero-order chi connectivity index (χ0) is 8.55. The predicted molar refractivity (Wildman–Crippen MR) is 49.8 cm³/mol. The van der Waals surface area contributed by atoms with Crippen LogP contribution in [0.3, 0.4) is 0 Å². The highest BCUT2D eigenvalue weighted by Gasteiger charge is 2.31. The second-order valence-corrected chi connectivity index (χ2v) is 3.89. The van der Waals surface area contributed by atoms with Gasteiger partial charge in [-0.3, -0.25) is 0 Å². The van der Waals surface area contributed by atoms with E-state index in [1.165, 1.54) is 12.0 Å². The molecule has 1 aromatic heterocycles. The van der Waals surface area contributed by atoms with E-state index >= 15 is 0 Å². The minimum absolute atomic E-state index is 0.783. The van der Waals surface area contributed by atoms with Crippen molar-refractivity contribution in [3.05, 3.63) is 24.0 Å². The molecule has 66 valence electrons. The number of rotatable bonds is 3. The summed E-state index contributed by atoms with van der Waals surface area (Å²) in [4.78, 5) is 0. The molecule has 12 heavy (non-hydrogen) atoms. The molecule has 1 aliphatic rings. The van der Waals surface area contributed by atoms with Crippen molar-refractivity contribution in [3.63, 3.8) is 0 Å². The van der Waals surface area contributed by atoms with Crippen LogP contribution in [0.5, 0.6) is 0 Å². The highest BCUT2D eigenvalue weighted by atomic mass is 15.0. The van der Waals surface area contributed by atoms with Crippen LogP contribution in [0.2, 0.25) is 0 Å². The first-order valence-corrected chi connectivity index (χ1v) is 4.60. The zero-order valence-electron chi connectivity index (χ0n) is 7.75. The monoisotopic (exact) mass is 164 g/mol. The summed E-state index contributed by atoms with van der Waals surface area (Å²) in [5.41, 5.74) is 1.39. The molecule has 2 atom stereocenters. The fraction of sp³-hybridized carbons (Fsp3) is 0.600. The van der Waals surface area contributed by atoms with E-state index in [1.807, 2.05) is 0 Å². The van der Waals surface area contributed by atoms with Crippen LogP contribution in [0.1, 0.15) is 18.9 Å². The molecule has 1 heterocycles. The van der Waals surface area contributed by atoms with Gasteiger partial charge in [0.1, 0.15) is 0 Å². The van der Waals surface area contributed by atoms with Gasteiger partial charge in [-0.15, -0.1) is 0 Å². The summed E-state index contributed by atoms with van der Waals surface area (Å²) in [7, 11) is 2.06. The zero-order valence-corrected chi connectivity index (χ0v) is 7.75. The topological polar surface area (TPSA) is 17.0 Å². The highest BCUT2D eigenvalue weighted by molar-refractivity contribution is 5.10. The normalized spacial score (nSPS) is 27.5. The van der Waals surface area contributed by atoms with Gasteiger partial charge in [0.15, 0.2) is 0 Å². The maximum atomic E-state index is 3.52. The number of hydrogen-bond acceptors (Lipinski definition) is 1. The molecular weight excluding hydrogens is 148 g/mol. The minimum atomic E-state index is 0.783. The second kappa shape index (κ2) is 2.94.